The minimum Gasteiger partial charge on any atom is -0.389 e. The Labute approximate surface area is 108 Å². The lowest BCUT2D eigenvalue weighted by atomic mass is 9.91. The fourth-order valence-corrected chi connectivity index (χ4v) is 3.01. The number of nitrogens with zero attached hydrogens (tertiary/aromatic N) is 1. The normalized spacial score (nSPS) is 26.2. The van der Waals surface area contributed by atoms with E-state index in [1.807, 2.05) is 0 Å². The van der Waals surface area contributed by atoms with Crippen LogP contribution in [0.25, 0.3) is 0 Å². The molecular weight excluding hydrogens is 229 g/mol. The molecule has 18 heavy (non-hydrogen) atoms. The smallest absolute Gasteiger partial charge is 0.123 e. The second-order valence-electron chi connectivity index (χ2n) is 5.73. The monoisotopic (exact) mass is 251 g/mol. The number of rotatable bonds is 2. The summed E-state index contributed by atoms with van der Waals surface area (Å²) in [6, 6.07) is 4.72. The summed E-state index contributed by atoms with van der Waals surface area (Å²) < 4.78 is 13.3. The molecular formula is C15H22FNO. The molecule has 1 N–H and O–H groups in total. The number of anilines is 1. The molecule has 1 aromatic carbocycles. The van der Waals surface area contributed by atoms with Gasteiger partial charge in [-0.25, -0.2) is 4.39 Å². The van der Waals surface area contributed by atoms with E-state index in [1.165, 1.54) is 18.6 Å². The van der Waals surface area contributed by atoms with Crippen molar-refractivity contribution >= 4 is 5.69 Å². The molecule has 0 aliphatic carbocycles. The van der Waals surface area contributed by atoms with Crippen LogP contribution in [0, 0.1) is 17.7 Å². The van der Waals surface area contributed by atoms with Crippen LogP contribution in [-0.2, 0) is 0 Å². The number of halogens is 1. The van der Waals surface area contributed by atoms with Crippen LogP contribution in [-0.4, -0.2) is 18.2 Å². The fraction of sp³-hybridized carbons (Fsp3) is 0.600. The molecule has 3 heteroatoms. The van der Waals surface area contributed by atoms with Gasteiger partial charge in [0.05, 0.1) is 6.10 Å². The summed E-state index contributed by atoms with van der Waals surface area (Å²) in [7, 11) is 0. The summed E-state index contributed by atoms with van der Waals surface area (Å²) in [6.07, 6.45) is 0.602. The molecule has 2 nitrogen and oxygen atoms in total. The van der Waals surface area contributed by atoms with Crippen LogP contribution >= 0.6 is 0 Å². The van der Waals surface area contributed by atoms with Crippen molar-refractivity contribution in [2.75, 3.05) is 18.0 Å². The van der Waals surface area contributed by atoms with Crippen LogP contribution in [0.4, 0.5) is 10.1 Å². The second-order valence-corrected chi connectivity index (χ2v) is 5.73. The highest BCUT2D eigenvalue weighted by atomic mass is 19.1. The van der Waals surface area contributed by atoms with Gasteiger partial charge in [0.1, 0.15) is 5.82 Å². The third kappa shape index (κ3) is 2.83. The van der Waals surface area contributed by atoms with E-state index in [2.05, 4.69) is 18.7 Å². The number of benzene rings is 1. The standard InChI is InChI=1S/C15H22FNO/c1-10-6-11(2)9-17(8-10)15-5-4-13(16)7-14(15)12(3)18/h4-5,7,10-12,18H,6,8-9H2,1-3H3/t10?,11?,12-/m0/s1. The molecule has 0 aromatic heterocycles. The largest absolute Gasteiger partial charge is 0.389 e. The van der Waals surface area contributed by atoms with Gasteiger partial charge in [0.2, 0.25) is 0 Å². The Bertz CT molecular complexity index is 409. The van der Waals surface area contributed by atoms with Crippen molar-refractivity contribution in [3.8, 4) is 0 Å². The van der Waals surface area contributed by atoms with Crippen LogP contribution in [0.3, 0.4) is 0 Å². The van der Waals surface area contributed by atoms with Gasteiger partial charge >= 0.3 is 0 Å². The molecule has 1 aromatic rings. The zero-order chi connectivity index (χ0) is 13.3. The third-order valence-corrected chi connectivity index (χ3v) is 3.65. The molecule has 2 rings (SSSR count). The van der Waals surface area contributed by atoms with Crippen LogP contribution in [0.2, 0.25) is 0 Å². The quantitative estimate of drug-likeness (QED) is 0.871. The summed E-state index contributed by atoms with van der Waals surface area (Å²) in [4.78, 5) is 2.28. The molecule has 0 spiro atoms. The number of aliphatic hydroxyl groups is 1. The van der Waals surface area contributed by atoms with Crippen LogP contribution in [0.1, 0.15) is 38.9 Å². The van der Waals surface area contributed by atoms with Gasteiger partial charge in [-0.05, 0) is 43.4 Å². The maximum Gasteiger partial charge on any atom is 0.123 e. The van der Waals surface area contributed by atoms with Crippen molar-refractivity contribution in [1.82, 2.24) is 0 Å². The van der Waals surface area contributed by atoms with Crippen LogP contribution in [0.5, 0.6) is 0 Å². The van der Waals surface area contributed by atoms with Gasteiger partial charge in [-0.15, -0.1) is 0 Å². The van der Waals surface area contributed by atoms with Gasteiger partial charge in [-0.3, -0.25) is 0 Å². The Morgan fingerprint density at radius 2 is 1.89 bits per heavy atom. The molecule has 1 aliphatic heterocycles. The Morgan fingerprint density at radius 3 is 2.44 bits per heavy atom. The average Bonchev–Trinajstić information content (AvgIpc) is 2.27. The molecule has 3 atom stereocenters. The molecule has 0 bridgehead atoms. The van der Waals surface area contributed by atoms with Gasteiger partial charge < -0.3 is 10.0 Å². The Balaban J connectivity index is 2.32. The third-order valence-electron chi connectivity index (χ3n) is 3.65. The average molecular weight is 251 g/mol. The van der Waals surface area contributed by atoms with E-state index in [0.29, 0.717) is 17.4 Å². The summed E-state index contributed by atoms with van der Waals surface area (Å²) in [5, 5.41) is 9.80. The van der Waals surface area contributed by atoms with Crippen molar-refractivity contribution in [1.29, 1.82) is 0 Å². The number of piperidine rings is 1. The zero-order valence-corrected chi connectivity index (χ0v) is 11.4. The van der Waals surface area contributed by atoms with E-state index in [1.54, 1.807) is 13.0 Å². The highest BCUT2D eigenvalue weighted by molar-refractivity contribution is 5.55. The van der Waals surface area contributed by atoms with E-state index in [9.17, 15) is 9.50 Å². The fourth-order valence-electron chi connectivity index (χ4n) is 3.01. The summed E-state index contributed by atoms with van der Waals surface area (Å²) in [5.41, 5.74) is 1.67. The maximum atomic E-state index is 13.3. The number of hydrogen-bond donors (Lipinski definition) is 1. The minimum atomic E-state index is -0.636. The van der Waals surface area contributed by atoms with Gasteiger partial charge in [-0.1, -0.05) is 13.8 Å². The highest BCUT2D eigenvalue weighted by Gasteiger charge is 2.24. The Hall–Kier alpha value is -1.09. The number of aliphatic hydroxyl groups excluding tert-OH is 1. The lowest BCUT2D eigenvalue weighted by Gasteiger charge is -2.38. The van der Waals surface area contributed by atoms with Crippen molar-refractivity contribution < 1.29 is 9.50 Å². The molecule has 0 amide bonds. The first-order valence-corrected chi connectivity index (χ1v) is 6.69. The topological polar surface area (TPSA) is 23.5 Å². The van der Waals surface area contributed by atoms with Crippen molar-refractivity contribution in [3.05, 3.63) is 29.6 Å². The molecule has 1 fully saturated rings. The summed E-state index contributed by atoms with van der Waals surface area (Å²) >= 11 is 0. The van der Waals surface area contributed by atoms with E-state index >= 15 is 0 Å². The first kappa shape index (κ1) is 13.3. The Kier molecular flexibility index (Phi) is 3.91. The first-order chi connectivity index (χ1) is 8.47. The van der Waals surface area contributed by atoms with Gasteiger partial charge in [-0.2, -0.15) is 0 Å². The predicted molar refractivity (Wildman–Crippen MR) is 72.2 cm³/mol. The van der Waals surface area contributed by atoms with Gasteiger partial charge in [0, 0.05) is 24.3 Å². The van der Waals surface area contributed by atoms with E-state index in [4.69, 9.17) is 0 Å². The zero-order valence-electron chi connectivity index (χ0n) is 11.4. The van der Waals surface area contributed by atoms with Gasteiger partial charge in [0.25, 0.3) is 0 Å². The van der Waals surface area contributed by atoms with Crippen LogP contribution < -0.4 is 4.90 Å². The van der Waals surface area contributed by atoms with Gasteiger partial charge in [0.15, 0.2) is 0 Å². The molecule has 1 heterocycles. The molecule has 0 radical (unpaired) electrons. The Morgan fingerprint density at radius 1 is 1.28 bits per heavy atom. The summed E-state index contributed by atoms with van der Waals surface area (Å²) in [6.45, 7) is 8.14. The second kappa shape index (κ2) is 5.27. The van der Waals surface area contributed by atoms with E-state index < -0.39 is 6.10 Å². The molecule has 1 saturated heterocycles. The molecule has 1 aliphatic rings. The van der Waals surface area contributed by atoms with E-state index in [-0.39, 0.29) is 5.82 Å². The highest BCUT2D eigenvalue weighted by Crippen LogP contribution is 2.32. The molecule has 2 unspecified atom stereocenters. The van der Waals surface area contributed by atoms with Crippen LogP contribution in [0.15, 0.2) is 18.2 Å². The first-order valence-electron chi connectivity index (χ1n) is 6.69. The lowest BCUT2D eigenvalue weighted by Crippen LogP contribution is -2.39. The minimum absolute atomic E-state index is 0.284. The summed E-state index contributed by atoms with van der Waals surface area (Å²) in [5.74, 6) is 0.995. The predicted octanol–water partition coefficient (Wildman–Crippen LogP) is 3.36. The maximum absolute atomic E-state index is 13.3. The van der Waals surface area contributed by atoms with Crippen molar-refractivity contribution in [2.24, 2.45) is 11.8 Å². The molecule has 0 saturated carbocycles. The van der Waals surface area contributed by atoms with E-state index in [0.717, 1.165) is 18.8 Å². The SMILES string of the molecule is CC1CC(C)CN(c2ccc(F)cc2[C@H](C)O)C1. The number of hydrogen-bond acceptors (Lipinski definition) is 2. The van der Waals surface area contributed by atoms with Crippen molar-refractivity contribution in [3.63, 3.8) is 0 Å². The van der Waals surface area contributed by atoms with Crippen molar-refractivity contribution in [2.45, 2.75) is 33.3 Å². The molecule has 100 valence electrons. The lowest BCUT2D eigenvalue weighted by molar-refractivity contribution is 0.198.